The van der Waals surface area contributed by atoms with E-state index in [2.05, 4.69) is 10.4 Å². The van der Waals surface area contributed by atoms with E-state index in [1.54, 1.807) is 30.6 Å². The van der Waals surface area contributed by atoms with Gasteiger partial charge in [-0.3, -0.25) is 4.79 Å². The van der Waals surface area contributed by atoms with Crippen LogP contribution in [0.1, 0.15) is 18.5 Å². The van der Waals surface area contributed by atoms with Crippen molar-refractivity contribution < 1.29 is 13.9 Å². The molecule has 0 aliphatic heterocycles. The van der Waals surface area contributed by atoms with Crippen molar-refractivity contribution in [2.24, 2.45) is 0 Å². The summed E-state index contributed by atoms with van der Waals surface area (Å²) in [6, 6.07) is 6.12. The molecule has 2 rings (SSSR count). The molecule has 0 saturated carbocycles. The Labute approximate surface area is 116 Å². The Morgan fingerprint density at radius 1 is 1.55 bits per heavy atom. The normalized spacial score (nSPS) is 12.1. The number of nitrogens with one attached hydrogen (secondary N) is 1. The van der Waals surface area contributed by atoms with Crippen molar-refractivity contribution >= 4 is 6.41 Å². The quantitative estimate of drug-likeness (QED) is 0.786. The van der Waals surface area contributed by atoms with Gasteiger partial charge in [-0.05, 0) is 30.7 Å². The van der Waals surface area contributed by atoms with E-state index in [9.17, 15) is 9.18 Å². The zero-order valence-corrected chi connectivity index (χ0v) is 11.1. The predicted molar refractivity (Wildman–Crippen MR) is 72.0 cm³/mol. The molecule has 0 aliphatic carbocycles. The minimum absolute atomic E-state index is 0.301. The summed E-state index contributed by atoms with van der Waals surface area (Å²) in [5.74, 6) is -0.402. The number of nitrogens with zero attached hydrogens (tertiary/aromatic N) is 2. The minimum atomic E-state index is -0.402. The fourth-order valence-electron chi connectivity index (χ4n) is 1.90. The summed E-state index contributed by atoms with van der Waals surface area (Å²) in [5, 5.41) is 6.61. The highest BCUT2D eigenvalue weighted by Gasteiger charge is 2.14. The maximum absolute atomic E-state index is 14.1. The van der Waals surface area contributed by atoms with Gasteiger partial charge in [-0.1, -0.05) is 6.07 Å². The second kappa shape index (κ2) is 6.81. The molecule has 2 aromatic rings. The van der Waals surface area contributed by atoms with E-state index >= 15 is 0 Å². The average molecular weight is 277 g/mol. The van der Waals surface area contributed by atoms with Crippen LogP contribution in [0.3, 0.4) is 0 Å². The van der Waals surface area contributed by atoms with Gasteiger partial charge in [0.25, 0.3) is 0 Å². The molecule has 1 heterocycles. The lowest BCUT2D eigenvalue weighted by Gasteiger charge is -2.17. The van der Waals surface area contributed by atoms with Gasteiger partial charge in [0.1, 0.15) is 11.5 Å². The smallest absolute Gasteiger partial charge is 0.207 e. The number of amides is 1. The second-order valence-electron chi connectivity index (χ2n) is 4.16. The van der Waals surface area contributed by atoms with Crippen LogP contribution in [-0.4, -0.2) is 29.4 Å². The molecule has 0 spiro atoms. The Balaban J connectivity index is 2.24. The number of hydrogen-bond donors (Lipinski definition) is 1. The molecule has 5 nitrogen and oxygen atoms in total. The van der Waals surface area contributed by atoms with Crippen LogP contribution in [0.5, 0.6) is 0 Å². The number of halogens is 1. The monoisotopic (exact) mass is 277 g/mol. The summed E-state index contributed by atoms with van der Waals surface area (Å²) in [5.41, 5.74) is 1.01. The Hall–Kier alpha value is -2.21. The lowest BCUT2D eigenvalue weighted by Crippen LogP contribution is -2.24. The third kappa shape index (κ3) is 3.21. The minimum Gasteiger partial charge on any atom is -0.379 e. The average Bonchev–Trinajstić information content (AvgIpc) is 2.97. The first kappa shape index (κ1) is 14.2. The van der Waals surface area contributed by atoms with Crippen LogP contribution in [0, 0.1) is 5.82 Å². The Morgan fingerprint density at radius 3 is 3.00 bits per heavy atom. The van der Waals surface area contributed by atoms with Crippen LogP contribution in [0.4, 0.5) is 4.39 Å². The van der Waals surface area contributed by atoms with Gasteiger partial charge < -0.3 is 10.1 Å². The Kier molecular flexibility index (Phi) is 4.84. The van der Waals surface area contributed by atoms with Crippen molar-refractivity contribution in [1.82, 2.24) is 15.1 Å². The maximum atomic E-state index is 14.1. The van der Waals surface area contributed by atoms with E-state index in [4.69, 9.17) is 4.74 Å². The number of rotatable bonds is 7. The van der Waals surface area contributed by atoms with Crippen LogP contribution in [0.25, 0.3) is 5.69 Å². The SMILES string of the molecule is CCOCC(NC=O)c1ccc(-n2cccn2)c(F)c1. The fourth-order valence-corrected chi connectivity index (χ4v) is 1.90. The summed E-state index contributed by atoms with van der Waals surface area (Å²) in [4.78, 5) is 10.6. The zero-order valence-electron chi connectivity index (χ0n) is 11.1. The standard InChI is InChI=1S/C14H16FN3O2/c1-2-20-9-13(16-10-19)11-4-5-14(12(15)8-11)18-7-3-6-17-18/h3-8,10,13H,2,9H2,1H3,(H,16,19). The molecule has 0 fully saturated rings. The number of hydrogen-bond acceptors (Lipinski definition) is 3. The summed E-state index contributed by atoms with van der Waals surface area (Å²) < 4.78 is 20.9. The van der Waals surface area contributed by atoms with Gasteiger partial charge in [-0.2, -0.15) is 5.10 Å². The molecular formula is C14H16FN3O2. The van der Waals surface area contributed by atoms with Gasteiger partial charge in [0.15, 0.2) is 0 Å². The van der Waals surface area contributed by atoms with Crippen LogP contribution in [-0.2, 0) is 9.53 Å². The summed E-state index contributed by atoms with van der Waals surface area (Å²) in [7, 11) is 0. The van der Waals surface area contributed by atoms with E-state index in [0.717, 1.165) is 0 Å². The van der Waals surface area contributed by atoms with Gasteiger partial charge in [0.05, 0.1) is 12.6 Å². The van der Waals surface area contributed by atoms with Crippen molar-refractivity contribution in [1.29, 1.82) is 0 Å². The number of aromatic nitrogens is 2. The van der Waals surface area contributed by atoms with E-state index in [1.807, 2.05) is 6.92 Å². The molecule has 0 radical (unpaired) electrons. The Morgan fingerprint density at radius 2 is 2.40 bits per heavy atom. The van der Waals surface area contributed by atoms with Crippen molar-refractivity contribution in [3.63, 3.8) is 0 Å². The third-order valence-electron chi connectivity index (χ3n) is 2.88. The molecule has 1 unspecified atom stereocenters. The number of carbonyl (C=O) groups is 1. The highest BCUT2D eigenvalue weighted by Crippen LogP contribution is 2.19. The summed E-state index contributed by atoms with van der Waals surface area (Å²) in [6.07, 6.45) is 3.83. The van der Waals surface area contributed by atoms with Crippen molar-refractivity contribution in [3.8, 4) is 5.69 Å². The molecule has 1 amide bonds. The number of ether oxygens (including phenoxy) is 1. The first-order chi connectivity index (χ1) is 9.76. The summed E-state index contributed by atoms with van der Waals surface area (Å²) in [6.45, 7) is 2.69. The largest absolute Gasteiger partial charge is 0.379 e. The van der Waals surface area contributed by atoms with Gasteiger partial charge in [0, 0.05) is 19.0 Å². The highest BCUT2D eigenvalue weighted by atomic mass is 19.1. The molecule has 1 aromatic carbocycles. The fraction of sp³-hybridized carbons (Fsp3) is 0.286. The highest BCUT2D eigenvalue weighted by molar-refractivity contribution is 5.48. The van der Waals surface area contributed by atoms with Crippen LogP contribution in [0.15, 0.2) is 36.7 Å². The lowest BCUT2D eigenvalue weighted by atomic mass is 10.1. The number of carbonyl (C=O) groups excluding carboxylic acids is 1. The molecule has 1 aromatic heterocycles. The predicted octanol–water partition coefficient (Wildman–Crippen LogP) is 1.83. The molecule has 1 atom stereocenters. The Bertz CT molecular complexity index is 558. The second-order valence-corrected chi connectivity index (χ2v) is 4.16. The molecule has 1 N–H and O–H groups in total. The molecular weight excluding hydrogens is 261 g/mol. The van der Waals surface area contributed by atoms with E-state index in [1.165, 1.54) is 10.7 Å². The maximum Gasteiger partial charge on any atom is 0.207 e. The van der Waals surface area contributed by atoms with Gasteiger partial charge in [-0.25, -0.2) is 9.07 Å². The van der Waals surface area contributed by atoms with Crippen LogP contribution >= 0.6 is 0 Å². The molecule has 0 aliphatic rings. The topological polar surface area (TPSA) is 56.1 Å². The van der Waals surface area contributed by atoms with E-state index < -0.39 is 5.82 Å². The third-order valence-corrected chi connectivity index (χ3v) is 2.88. The van der Waals surface area contributed by atoms with Crippen LogP contribution < -0.4 is 5.32 Å². The first-order valence-electron chi connectivity index (χ1n) is 6.33. The molecule has 0 saturated heterocycles. The van der Waals surface area contributed by atoms with Crippen molar-refractivity contribution in [2.75, 3.05) is 13.2 Å². The van der Waals surface area contributed by atoms with Crippen molar-refractivity contribution in [2.45, 2.75) is 13.0 Å². The molecule has 0 bridgehead atoms. The lowest BCUT2D eigenvalue weighted by molar-refractivity contribution is -0.110. The summed E-state index contributed by atoms with van der Waals surface area (Å²) >= 11 is 0. The molecule has 6 heteroatoms. The molecule has 20 heavy (non-hydrogen) atoms. The van der Waals surface area contributed by atoms with Crippen molar-refractivity contribution in [3.05, 3.63) is 48.0 Å². The van der Waals surface area contributed by atoms with E-state index in [0.29, 0.717) is 30.9 Å². The van der Waals surface area contributed by atoms with E-state index in [-0.39, 0.29) is 6.04 Å². The van der Waals surface area contributed by atoms with Gasteiger partial charge >= 0.3 is 0 Å². The van der Waals surface area contributed by atoms with Gasteiger partial charge in [0.2, 0.25) is 6.41 Å². The van der Waals surface area contributed by atoms with Gasteiger partial charge in [-0.15, -0.1) is 0 Å². The zero-order chi connectivity index (χ0) is 14.4. The van der Waals surface area contributed by atoms with Crippen LogP contribution in [0.2, 0.25) is 0 Å². The first-order valence-corrected chi connectivity index (χ1v) is 6.33. The number of benzene rings is 1. The molecule has 106 valence electrons.